The molecule has 0 aliphatic carbocycles. The Balaban J connectivity index is 1.87. The molecule has 0 radical (unpaired) electrons. The molecular weight excluding hydrogens is 314 g/mol. The highest BCUT2D eigenvalue weighted by Crippen LogP contribution is 2.38. The first-order chi connectivity index (χ1) is 11.5. The third-order valence-electron chi connectivity index (χ3n) is 4.54. The highest BCUT2D eigenvalue weighted by Gasteiger charge is 2.51. The average molecular weight is 327 g/mol. The van der Waals surface area contributed by atoms with E-state index in [2.05, 4.69) is 0 Å². The molecule has 24 heavy (non-hydrogen) atoms. The van der Waals surface area contributed by atoms with Crippen molar-refractivity contribution in [2.24, 2.45) is 0 Å². The number of nitrogens with zero attached hydrogens (tertiary/aromatic N) is 3. The van der Waals surface area contributed by atoms with Gasteiger partial charge in [0.1, 0.15) is 6.04 Å². The first-order valence-electron chi connectivity index (χ1n) is 7.48. The molecule has 122 valence electrons. The molecule has 8 nitrogen and oxygen atoms in total. The molecule has 2 aromatic rings. The van der Waals surface area contributed by atoms with Crippen molar-refractivity contribution in [3.8, 4) is 0 Å². The average Bonchev–Trinajstić information content (AvgIpc) is 3.05. The maximum absolute atomic E-state index is 12.6. The van der Waals surface area contributed by atoms with Gasteiger partial charge in [0.15, 0.2) is 0 Å². The fourth-order valence-electron chi connectivity index (χ4n) is 3.47. The molecule has 8 heteroatoms. The standard InChI is InChI=1S/C16H13N3O5/c20-9-7-14-15(21)18(16(22)17(14)8-9)12-5-6-13(19(23)24)11-4-2-1-3-10(11)12/h1-6,9,14,20H,7-8H2/t9-,14+/m0/s1. The van der Waals surface area contributed by atoms with Gasteiger partial charge in [-0.3, -0.25) is 14.9 Å². The molecule has 2 atom stereocenters. The summed E-state index contributed by atoms with van der Waals surface area (Å²) in [5.41, 5.74) is 0.249. The quantitative estimate of drug-likeness (QED) is 0.513. The summed E-state index contributed by atoms with van der Waals surface area (Å²) in [6.07, 6.45) is -0.481. The van der Waals surface area contributed by atoms with Crippen LogP contribution >= 0.6 is 0 Å². The van der Waals surface area contributed by atoms with E-state index in [4.69, 9.17) is 0 Å². The van der Waals surface area contributed by atoms with Gasteiger partial charge < -0.3 is 10.0 Å². The number of amides is 3. The summed E-state index contributed by atoms with van der Waals surface area (Å²) in [4.78, 5) is 38.3. The van der Waals surface area contributed by atoms with Crippen molar-refractivity contribution in [1.29, 1.82) is 0 Å². The number of non-ortho nitro benzene ring substituents is 1. The minimum atomic E-state index is -0.696. The van der Waals surface area contributed by atoms with E-state index in [0.717, 1.165) is 4.90 Å². The molecule has 1 N–H and O–H groups in total. The fourth-order valence-corrected chi connectivity index (χ4v) is 3.47. The summed E-state index contributed by atoms with van der Waals surface area (Å²) in [6, 6.07) is 8.17. The molecule has 3 amide bonds. The lowest BCUT2D eigenvalue weighted by Gasteiger charge is -2.18. The van der Waals surface area contributed by atoms with Gasteiger partial charge in [0.2, 0.25) is 0 Å². The Bertz CT molecular complexity index is 872. The number of hydrogen-bond acceptors (Lipinski definition) is 5. The van der Waals surface area contributed by atoms with Crippen molar-refractivity contribution in [2.75, 3.05) is 11.4 Å². The Hall–Kier alpha value is -3.00. The maximum atomic E-state index is 12.6. The van der Waals surface area contributed by atoms with Crippen LogP contribution in [0.3, 0.4) is 0 Å². The van der Waals surface area contributed by atoms with E-state index in [1.807, 2.05) is 0 Å². The van der Waals surface area contributed by atoms with Gasteiger partial charge >= 0.3 is 6.03 Å². The second-order valence-electron chi connectivity index (χ2n) is 5.92. The van der Waals surface area contributed by atoms with E-state index in [0.29, 0.717) is 16.5 Å². The molecule has 2 heterocycles. The van der Waals surface area contributed by atoms with Gasteiger partial charge in [-0.05, 0) is 12.1 Å². The zero-order valence-electron chi connectivity index (χ0n) is 12.5. The normalized spacial score (nSPS) is 23.2. The molecular formula is C16H13N3O5. The van der Waals surface area contributed by atoms with Crippen LogP contribution in [0.15, 0.2) is 36.4 Å². The first kappa shape index (κ1) is 14.6. The minimum Gasteiger partial charge on any atom is -0.391 e. The summed E-state index contributed by atoms with van der Waals surface area (Å²) >= 11 is 0. The van der Waals surface area contributed by atoms with Crippen LogP contribution in [-0.2, 0) is 4.79 Å². The number of carbonyl (C=O) groups excluding carboxylic acids is 2. The molecule has 4 rings (SSSR count). The van der Waals surface area contributed by atoms with Crippen molar-refractivity contribution in [1.82, 2.24) is 4.90 Å². The second kappa shape index (κ2) is 5.00. The predicted octanol–water partition coefficient (Wildman–Crippen LogP) is 1.65. The Kier molecular flexibility index (Phi) is 3.04. The number of benzene rings is 2. The lowest BCUT2D eigenvalue weighted by molar-refractivity contribution is -0.383. The maximum Gasteiger partial charge on any atom is 0.332 e. The van der Waals surface area contributed by atoms with Gasteiger partial charge in [0.25, 0.3) is 11.6 Å². The van der Waals surface area contributed by atoms with Gasteiger partial charge in [-0.25, -0.2) is 9.69 Å². The lowest BCUT2D eigenvalue weighted by atomic mass is 10.1. The summed E-state index contributed by atoms with van der Waals surface area (Å²) < 4.78 is 0. The van der Waals surface area contributed by atoms with Gasteiger partial charge in [-0.2, -0.15) is 0 Å². The van der Waals surface area contributed by atoms with Gasteiger partial charge in [-0.15, -0.1) is 0 Å². The highest BCUT2D eigenvalue weighted by atomic mass is 16.6. The van der Waals surface area contributed by atoms with Crippen molar-refractivity contribution in [2.45, 2.75) is 18.6 Å². The Morgan fingerprint density at radius 3 is 2.50 bits per heavy atom. The summed E-state index contributed by atoms with van der Waals surface area (Å²) in [6.45, 7) is 0.122. The van der Waals surface area contributed by atoms with Gasteiger partial charge in [-0.1, -0.05) is 18.2 Å². The van der Waals surface area contributed by atoms with Gasteiger partial charge in [0, 0.05) is 24.4 Å². The monoisotopic (exact) mass is 327 g/mol. The van der Waals surface area contributed by atoms with Gasteiger partial charge in [0.05, 0.1) is 22.1 Å². The Morgan fingerprint density at radius 1 is 1.12 bits per heavy atom. The van der Waals surface area contributed by atoms with E-state index in [9.17, 15) is 24.8 Å². The molecule has 2 aliphatic heterocycles. The van der Waals surface area contributed by atoms with Crippen LogP contribution in [0.4, 0.5) is 16.2 Å². The number of rotatable bonds is 2. The molecule has 2 aromatic carbocycles. The number of imide groups is 1. The summed E-state index contributed by atoms with van der Waals surface area (Å²) in [5, 5.41) is 21.7. The first-order valence-corrected chi connectivity index (χ1v) is 7.48. The Morgan fingerprint density at radius 2 is 1.83 bits per heavy atom. The fraction of sp³-hybridized carbons (Fsp3) is 0.250. The van der Waals surface area contributed by atoms with E-state index in [1.54, 1.807) is 24.3 Å². The number of nitro benzene ring substituents is 1. The molecule has 0 bridgehead atoms. The van der Waals surface area contributed by atoms with Crippen molar-refractivity contribution in [3.05, 3.63) is 46.5 Å². The summed E-state index contributed by atoms with van der Waals surface area (Å²) in [7, 11) is 0. The number of anilines is 1. The van der Waals surface area contributed by atoms with E-state index in [1.165, 1.54) is 17.0 Å². The van der Waals surface area contributed by atoms with Crippen LogP contribution in [0.5, 0.6) is 0 Å². The van der Waals surface area contributed by atoms with E-state index < -0.39 is 29.0 Å². The van der Waals surface area contributed by atoms with Crippen molar-refractivity contribution >= 4 is 34.1 Å². The van der Waals surface area contributed by atoms with Crippen LogP contribution < -0.4 is 4.90 Å². The van der Waals surface area contributed by atoms with E-state index in [-0.39, 0.29) is 18.7 Å². The lowest BCUT2D eigenvalue weighted by Crippen LogP contribution is -2.35. The number of aliphatic hydroxyl groups excluding tert-OH is 1. The number of nitro groups is 1. The molecule has 2 fully saturated rings. The van der Waals surface area contributed by atoms with Crippen LogP contribution in [0.25, 0.3) is 10.8 Å². The highest BCUT2D eigenvalue weighted by molar-refractivity contribution is 6.25. The van der Waals surface area contributed by atoms with E-state index >= 15 is 0 Å². The molecule has 0 unspecified atom stereocenters. The SMILES string of the molecule is O=C1[C@H]2C[C@H](O)CN2C(=O)N1c1ccc([N+](=O)[O-])c2ccccc12. The van der Waals surface area contributed by atoms with Crippen molar-refractivity contribution < 1.29 is 19.6 Å². The molecule has 0 saturated carbocycles. The summed E-state index contributed by atoms with van der Waals surface area (Å²) in [5.74, 6) is -0.407. The third kappa shape index (κ3) is 1.89. The zero-order valence-corrected chi connectivity index (χ0v) is 12.5. The number of aliphatic hydroxyl groups is 1. The van der Waals surface area contributed by atoms with Crippen molar-refractivity contribution in [3.63, 3.8) is 0 Å². The molecule has 2 aliphatic rings. The molecule has 2 saturated heterocycles. The smallest absolute Gasteiger partial charge is 0.332 e. The number of fused-ring (bicyclic) bond motifs is 2. The van der Waals surface area contributed by atoms with Crippen LogP contribution in [-0.4, -0.2) is 45.6 Å². The number of urea groups is 1. The van der Waals surface area contributed by atoms with Crippen LogP contribution in [0.1, 0.15) is 6.42 Å². The topological polar surface area (TPSA) is 104 Å². The number of carbonyl (C=O) groups is 2. The zero-order chi connectivity index (χ0) is 17.0. The predicted molar refractivity (Wildman–Crippen MR) is 84.6 cm³/mol. The largest absolute Gasteiger partial charge is 0.391 e. The molecule has 0 spiro atoms. The van der Waals surface area contributed by atoms with Crippen LogP contribution in [0, 0.1) is 10.1 Å². The van der Waals surface area contributed by atoms with Crippen LogP contribution in [0.2, 0.25) is 0 Å². The number of hydrogen-bond donors (Lipinski definition) is 1. The molecule has 0 aromatic heterocycles. The second-order valence-corrected chi connectivity index (χ2v) is 5.92. The Labute approximate surface area is 136 Å². The third-order valence-corrected chi connectivity index (χ3v) is 4.54. The minimum absolute atomic E-state index is 0.0793.